The quantitative estimate of drug-likeness (QED) is 0.764. The highest BCUT2D eigenvalue weighted by molar-refractivity contribution is 5.93. The number of nitrogens with one attached hydrogen (secondary N) is 1. The molecule has 1 atom stereocenters. The Balaban J connectivity index is 1.76. The van der Waals surface area contributed by atoms with Crippen molar-refractivity contribution in [1.82, 2.24) is 9.78 Å². The van der Waals surface area contributed by atoms with Crippen molar-refractivity contribution in [3.63, 3.8) is 0 Å². The van der Waals surface area contributed by atoms with Gasteiger partial charge in [0.05, 0.1) is 25.6 Å². The molecule has 3 rings (SSSR count). The zero-order chi connectivity index (χ0) is 18.4. The molecule has 0 spiro atoms. The highest BCUT2D eigenvalue weighted by Gasteiger charge is 2.23. The average Bonchev–Trinajstić information content (AvgIpc) is 3.12. The average molecular weight is 359 g/mol. The van der Waals surface area contributed by atoms with Crippen LogP contribution in [0.3, 0.4) is 0 Å². The van der Waals surface area contributed by atoms with E-state index >= 15 is 0 Å². The number of ether oxygens (including phenoxy) is 3. The van der Waals surface area contributed by atoms with Gasteiger partial charge in [-0.3, -0.25) is 0 Å². The summed E-state index contributed by atoms with van der Waals surface area (Å²) in [6.45, 7) is 3.37. The fourth-order valence-corrected chi connectivity index (χ4v) is 2.89. The zero-order valence-electron chi connectivity index (χ0n) is 15.2. The Labute approximate surface area is 153 Å². The minimum atomic E-state index is -0.431. The molecule has 0 amide bonds. The first kappa shape index (κ1) is 18.3. The van der Waals surface area contributed by atoms with Gasteiger partial charge in [-0.05, 0) is 43.9 Å². The van der Waals surface area contributed by atoms with E-state index in [-0.39, 0.29) is 11.9 Å². The minimum Gasteiger partial charge on any atom is -0.497 e. The van der Waals surface area contributed by atoms with Crippen LogP contribution in [0.2, 0.25) is 0 Å². The standard InChI is InChI=1S/C19H25N3O4/c1-3-25-19(23)18-16(13-22(21-18)17-6-4-5-11-26-17)20-12-14-7-9-15(24-2)10-8-14/h7-10,13,17,20H,3-6,11-12H2,1-2H3. The third-order valence-electron chi connectivity index (χ3n) is 4.29. The lowest BCUT2D eigenvalue weighted by atomic mass is 10.2. The number of methoxy groups -OCH3 is 1. The van der Waals surface area contributed by atoms with Gasteiger partial charge in [-0.1, -0.05) is 12.1 Å². The van der Waals surface area contributed by atoms with Gasteiger partial charge in [0.15, 0.2) is 5.69 Å². The maximum absolute atomic E-state index is 12.3. The largest absolute Gasteiger partial charge is 0.497 e. The number of rotatable bonds is 7. The van der Waals surface area contributed by atoms with Crippen LogP contribution in [0.5, 0.6) is 5.75 Å². The van der Waals surface area contributed by atoms with Gasteiger partial charge >= 0.3 is 5.97 Å². The Morgan fingerprint density at radius 3 is 2.81 bits per heavy atom. The van der Waals surface area contributed by atoms with Crippen LogP contribution in [0.15, 0.2) is 30.5 Å². The lowest BCUT2D eigenvalue weighted by Gasteiger charge is -2.22. The van der Waals surface area contributed by atoms with Gasteiger partial charge in [-0.15, -0.1) is 0 Å². The first-order valence-corrected chi connectivity index (χ1v) is 8.96. The van der Waals surface area contributed by atoms with Crippen LogP contribution in [0.4, 0.5) is 5.69 Å². The van der Waals surface area contributed by atoms with Crippen LogP contribution in [0, 0.1) is 0 Å². The number of carbonyl (C=O) groups excluding carboxylic acids is 1. The Morgan fingerprint density at radius 1 is 1.35 bits per heavy atom. The van der Waals surface area contributed by atoms with Gasteiger partial charge in [0.1, 0.15) is 12.0 Å². The topological polar surface area (TPSA) is 74.6 Å². The number of carbonyl (C=O) groups is 1. The molecule has 1 unspecified atom stereocenters. The summed E-state index contributed by atoms with van der Waals surface area (Å²) in [7, 11) is 1.64. The fourth-order valence-electron chi connectivity index (χ4n) is 2.89. The summed E-state index contributed by atoms with van der Waals surface area (Å²) in [5.41, 5.74) is 2.00. The summed E-state index contributed by atoms with van der Waals surface area (Å²) < 4.78 is 17.8. The van der Waals surface area contributed by atoms with Crippen molar-refractivity contribution in [2.45, 2.75) is 39.0 Å². The van der Waals surface area contributed by atoms with Crippen LogP contribution in [-0.2, 0) is 16.0 Å². The SMILES string of the molecule is CCOC(=O)c1nn(C2CCCCO2)cc1NCc1ccc(OC)cc1. The predicted octanol–water partition coefficient (Wildman–Crippen LogP) is 3.38. The number of anilines is 1. The maximum atomic E-state index is 12.3. The van der Waals surface area contributed by atoms with Crippen molar-refractivity contribution in [2.24, 2.45) is 0 Å². The van der Waals surface area contributed by atoms with Crippen molar-refractivity contribution >= 4 is 11.7 Å². The smallest absolute Gasteiger partial charge is 0.361 e. The molecule has 0 radical (unpaired) electrons. The Bertz CT molecular complexity index is 721. The van der Waals surface area contributed by atoms with E-state index in [2.05, 4.69) is 10.4 Å². The summed E-state index contributed by atoms with van der Waals surface area (Å²) in [6, 6.07) is 7.76. The van der Waals surface area contributed by atoms with E-state index in [4.69, 9.17) is 14.2 Å². The number of hydrogen-bond donors (Lipinski definition) is 1. The van der Waals surface area contributed by atoms with Crippen LogP contribution >= 0.6 is 0 Å². The van der Waals surface area contributed by atoms with Crippen LogP contribution in [0.1, 0.15) is 48.5 Å². The van der Waals surface area contributed by atoms with E-state index in [0.29, 0.717) is 25.4 Å². The molecule has 140 valence electrons. The summed E-state index contributed by atoms with van der Waals surface area (Å²) in [6.07, 6.45) is 4.74. The normalized spacial score (nSPS) is 16.9. The summed E-state index contributed by atoms with van der Waals surface area (Å²) in [5.74, 6) is 0.377. The van der Waals surface area contributed by atoms with Gasteiger partial charge in [0.2, 0.25) is 0 Å². The molecule has 26 heavy (non-hydrogen) atoms. The maximum Gasteiger partial charge on any atom is 0.361 e. The van der Waals surface area contributed by atoms with Gasteiger partial charge in [0.25, 0.3) is 0 Å². The first-order chi connectivity index (χ1) is 12.7. The number of aromatic nitrogens is 2. The second-order valence-electron chi connectivity index (χ2n) is 6.11. The zero-order valence-corrected chi connectivity index (χ0v) is 15.2. The van der Waals surface area contributed by atoms with E-state index in [0.717, 1.165) is 30.6 Å². The molecule has 2 aromatic rings. The fraction of sp³-hybridized carbons (Fsp3) is 0.474. The Morgan fingerprint density at radius 2 is 2.15 bits per heavy atom. The van der Waals surface area contributed by atoms with E-state index in [1.807, 2.05) is 30.5 Å². The van der Waals surface area contributed by atoms with Crippen molar-refractivity contribution in [2.75, 3.05) is 25.6 Å². The molecule has 1 aromatic heterocycles. The van der Waals surface area contributed by atoms with Crippen molar-refractivity contribution < 1.29 is 19.0 Å². The molecular weight excluding hydrogens is 334 g/mol. The molecule has 0 bridgehead atoms. The lowest BCUT2D eigenvalue weighted by Crippen LogP contribution is -2.19. The van der Waals surface area contributed by atoms with Crippen LogP contribution < -0.4 is 10.1 Å². The van der Waals surface area contributed by atoms with E-state index in [9.17, 15) is 4.79 Å². The van der Waals surface area contributed by atoms with Gasteiger partial charge in [-0.25, -0.2) is 9.48 Å². The second-order valence-corrected chi connectivity index (χ2v) is 6.11. The third-order valence-corrected chi connectivity index (χ3v) is 4.29. The van der Waals surface area contributed by atoms with E-state index in [1.54, 1.807) is 18.7 Å². The minimum absolute atomic E-state index is 0.131. The van der Waals surface area contributed by atoms with Crippen LogP contribution in [0.25, 0.3) is 0 Å². The number of benzene rings is 1. The number of hydrogen-bond acceptors (Lipinski definition) is 6. The van der Waals surface area contributed by atoms with E-state index in [1.165, 1.54) is 0 Å². The molecule has 1 aliphatic rings. The monoisotopic (exact) mass is 359 g/mol. The lowest BCUT2D eigenvalue weighted by molar-refractivity contribution is -0.0396. The molecule has 2 heterocycles. The number of nitrogens with zero attached hydrogens (tertiary/aromatic N) is 2. The summed E-state index contributed by atoms with van der Waals surface area (Å²) in [4.78, 5) is 12.3. The molecule has 0 aliphatic carbocycles. The van der Waals surface area contributed by atoms with Gasteiger partial charge < -0.3 is 19.5 Å². The third kappa shape index (κ3) is 4.35. The molecule has 0 saturated carbocycles. The second kappa shape index (κ2) is 8.71. The molecule has 1 aromatic carbocycles. The Kier molecular flexibility index (Phi) is 6.12. The molecule has 1 N–H and O–H groups in total. The highest BCUT2D eigenvalue weighted by atomic mass is 16.5. The predicted molar refractivity (Wildman–Crippen MR) is 97.3 cm³/mol. The summed E-state index contributed by atoms with van der Waals surface area (Å²) >= 11 is 0. The first-order valence-electron chi connectivity index (χ1n) is 8.96. The molecule has 7 nitrogen and oxygen atoms in total. The van der Waals surface area contributed by atoms with Crippen molar-refractivity contribution in [3.8, 4) is 5.75 Å². The van der Waals surface area contributed by atoms with Gasteiger partial charge in [-0.2, -0.15) is 5.10 Å². The highest BCUT2D eigenvalue weighted by Crippen LogP contribution is 2.25. The van der Waals surface area contributed by atoms with Gasteiger partial charge in [0, 0.05) is 13.2 Å². The molecule has 1 aliphatic heterocycles. The number of esters is 1. The van der Waals surface area contributed by atoms with Crippen molar-refractivity contribution in [1.29, 1.82) is 0 Å². The molecule has 1 saturated heterocycles. The summed E-state index contributed by atoms with van der Waals surface area (Å²) in [5, 5.41) is 7.71. The molecule has 1 fully saturated rings. The van der Waals surface area contributed by atoms with Crippen molar-refractivity contribution in [3.05, 3.63) is 41.7 Å². The Hall–Kier alpha value is -2.54. The van der Waals surface area contributed by atoms with E-state index < -0.39 is 5.97 Å². The molecule has 7 heteroatoms. The molecular formula is C19H25N3O4. The van der Waals surface area contributed by atoms with Crippen LogP contribution in [-0.4, -0.2) is 36.1 Å².